The number of rotatable bonds is 8. The van der Waals surface area contributed by atoms with Crippen molar-refractivity contribution in [3.63, 3.8) is 0 Å². The van der Waals surface area contributed by atoms with Gasteiger partial charge in [-0.2, -0.15) is 5.26 Å². The van der Waals surface area contributed by atoms with Crippen molar-refractivity contribution in [3.05, 3.63) is 113 Å². The highest BCUT2D eigenvalue weighted by atomic mass is 16.5. The van der Waals surface area contributed by atoms with Crippen LogP contribution >= 0.6 is 0 Å². The van der Waals surface area contributed by atoms with Crippen LogP contribution in [0.25, 0.3) is 21.7 Å². The molecule has 5 aromatic rings. The van der Waals surface area contributed by atoms with Crippen LogP contribution in [0.5, 0.6) is 5.75 Å². The van der Waals surface area contributed by atoms with E-state index in [0.717, 1.165) is 38.4 Å². The largest absolute Gasteiger partial charge is 0.496 e. The second-order valence-electron chi connectivity index (χ2n) is 10.2. The van der Waals surface area contributed by atoms with Gasteiger partial charge in [0, 0.05) is 29.0 Å². The van der Waals surface area contributed by atoms with E-state index in [1.54, 1.807) is 13.4 Å². The zero-order valence-electron chi connectivity index (χ0n) is 22.2. The van der Waals surface area contributed by atoms with Crippen LogP contribution in [-0.2, 0) is 5.60 Å². The van der Waals surface area contributed by atoms with Gasteiger partial charge in [0.2, 0.25) is 0 Å². The molecular weight excluding hydrogens is 472 g/mol. The fourth-order valence-electron chi connectivity index (χ4n) is 5.49. The number of ether oxygens (including phenoxy) is 1. The summed E-state index contributed by atoms with van der Waals surface area (Å²) < 4.78 is 11.9. The second kappa shape index (κ2) is 10.3. The van der Waals surface area contributed by atoms with Crippen molar-refractivity contribution in [2.24, 2.45) is 0 Å². The zero-order valence-corrected chi connectivity index (χ0v) is 22.2. The van der Waals surface area contributed by atoms with Crippen molar-refractivity contribution < 1.29 is 14.3 Å². The van der Waals surface area contributed by atoms with E-state index in [9.17, 15) is 10.4 Å². The van der Waals surface area contributed by atoms with Gasteiger partial charge in [0.15, 0.2) is 0 Å². The van der Waals surface area contributed by atoms with Crippen LogP contribution in [0.4, 0.5) is 0 Å². The van der Waals surface area contributed by atoms with Gasteiger partial charge in [-0.3, -0.25) is 0 Å². The second-order valence-corrected chi connectivity index (χ2v) is 10.2. The van der Waals surface area contributed by atoms with E-state index in [1.807, 2.05) is 68.7 Å². The van der Waals surface area contributed by atoms with E-state index in [-0.39, 0.29) is 0 Å². The summed E-state index contributed by atoms with van der Waals surface area (Å²) in [7, 11) is 5.68. The summed E-state index contributed by atoms with van der Waals surface area (Å²) in [4.78, 5) is 2.08. The molecule has 2 atom stereocenters. The maximum absolute atomic E-state index is 13.0. The first-order chi connectivity index (χ1) is 18.3. The van der Waals surface area contributed by atoms with Gasteiger partial charge in [0.05, 0.1) is 25.0 Å². The highest BCUT2D eigenvalue weighted by molar-refractivity contribution is 5.87. The lowest BCUT2D eigenvalue weighted by molar-refractivity contribution is 0.00454. The molecule has 1 N–H and O–H groups in total. The van der Waals surface area contributed by atoms with E-state index in [1.165, 1.54) is 0 Å². The third-order valence-corrected chi connectivity index (χ3v) is 7.37. The molecule has 0 bridgehead atoms. The Morgan fingerprint density at radius 2 is 1.79 bits per heavy atom. The molecule has 0 aliphatic carbocycles. The Kier molecular flexibility index (Phi) is 6.94. The standard InChI is InChI=1S/C33H32N2O3/c1-22-7-5-9-26(17-22)31(28-19-27-18-23(21-34)11-12-25(27)20-30(28)37-4)33(36,14-15-35(2)3)29-10-6-8-24-13-16-38-32(24)29/h5-13,16-20,31,36H,14-15H2,1-4H3/t31-,33-/m1/s1. The molecule has 0 saturated heterocycles. The Balaban J connectivity index is 1.85. The number of nitriles is 1. The molecule has 0 radical (unpaired) electrons. The van der Waals surface area contributed by atoms with Gasteiger partial charge < -0.3 is 19.2 Å². The fraction of sp³-hybridized carbons (Fsp3) is 0.242. The predicted octanol–water partition coefficient (Wildman–Crippen LogP) is 6.75. The average molecular weight is 505 g/mol. The number of hydrogen-bond donors (Lipinski definition) is 1. The number of aryl methyl sites for hydroxylation is 1. The quantitative estimate of drug-likeness (QED) is 0.253. The van der Waals surface area contributed by atoms with Gasteiger partial charge >= 0.3 is 0 Å². The number of hydrogen-bond acceptors (Lipinski definition) is 5. The minimum Gasteiger partial charge on any atom is -0.496 e. The van der Waals surface area contributed by atoms with Crippen molar-refractivity contribution >= 4 is 21.7 Å². The number of para-hydroxylation sites is 1. The van der Waals surface area contributed by atoms with E-state index >= 15 is 0 Å². The molecule has 1 aromatic heterocycles. The minimum atomic E-state index is -1.34. The Morgan fingerprint density at radius 1 is 0.974 bits per heavy atom. The highest BCUT2D eigenvalue weighted by Gasteiger charge is 2.43. The van der Waals surface area contributed by atoms with Crippen LogP contribution in [0.3, 0.4) is 0 Å². The molecule has 5 rings (SSSR count). The van der Waals surface area contributed by atoms with E-state index in [4.69, 9.17) is 9.15 Å². The van der Waals surface area contributed by atoms with Crippen LogP contribution in [-0.4, -0.2) is 37.8 Å². The van der Waals surface area contributed by atoms with E-state index in [2.05, 4.69) is 42.2 Å². The number of fused-ring (bicyclic) bond motifs is 2. The molecule has 0 aliphatic heterocycles. The van der Waals surface area contributed by atoms with Crippen LogP contribution < -0.4 is 4.74 Å². The first-order valence-electron chi connectivity index (χ1n) is 12.8. The Morgan fingerprint density at radius 3 is 2.53 bits per heavy atom. The normalized spacial score (nSPS) is 13.9. The monoisotopic (exact) mass is 504 g/mol. The molecule has 1 heterocycles. The topological polar surface area (TPSA) is 69.6 Å². The van der Waals surface area contributed by atoms with Gasteiger partial charge in [-0.15, -0.1) is 0 Å². The van der Waals surface area contributed by atoms with Crippen LogP contribution in [0.1, 0.15) is 40.2 Å². The number of nitrogens with zero attached hydrogens (tertiary/aromatic N) is 2. The first-order valence-corrected chi connectivity index (χ1v) is 12.8. The number of aliphatic hydroxyl groups is 1. The van der Waals surface area contributed by atoms with Crippen molar-refractivity contribution in [3.8, 4) is 11.8 Å². The predicted molar refractivity (Wildman–Crippen MR) is 152 cm³/mol. The summed E-state index contributed by atoms with van der Waals surface area (Å²) in [5.41, 5.74) is 3.59. The molecular formula is C33H32N2O3. The third kappa shape index (κ3) is 4.65. The lowest BCUT2D eigenvalue weighted by Crippen LogP contribution is -2.38. The molecule has 192 valence electrons. The number of benzene rings is 4. The van der Waals surface area contributed by atoms with Crippen LogP contribution in [0.15, 0.2) is 89.5 Å². The highest BCUT2D eigenvalue weighted by Crippen LogP contribution is 2.49. The first kappa shape index (κ1) is 25.5. The fourth-order valence-corrected chi connectivity index (χ4v) is 5.49. The average Bonchev–Trinajstić information content (AvgIpc) is 3.40. The maximum atomic E-state index is 13.0. The van der Waals surface area contributed by atoms with Crippen LogP contribution in [0, 0.1) is 18.3 Å². The number of methoxy groups -OCH3 is 1. The molecule has 0 fully saturated rings. The SMILES string of the molecule is COc1cc2ccc(C#N)cc2cc1[C@@H](c1cccc(C)c1)[C@@](O)(CCN(C)C)c1cccc2ccoc12. The molecule has 4 aromatic carbocycles. The smallest absolute Gasteiger partial charge is 0.139 e. The molecule has 0 unspecified atom stereocenters. The van der Waals surface area contributed by atoms with Crippen molar-refractivity contribution in [1.29, 1.82) is 5.26 Å². The van der Waals surface area contributed by atoms with Gasteiger partial charge in [0.1, 0.15) is 16.9 Å². The molecule has 5 nitrogen and oxygen atoms in total. The molecule has 0 saturated carbocycles. The summed E-state index contributed by atoms with van der Waals surface area (Å²) in [6.07, 6.45) is 2.13. The minimum absolute atomic E-state index is 0.456. The molecule has 0 spiro atoms. The summed E-state index contributed by atoms with van der Waals surface area (Å²) in [6, 6.07) is 28.1. The van der Waals surface area contributed by atoms with Crippen molar-refractivity contribution in [1.82, 2.24) is 4.90 Å². The summed E-state index contributed by atoms with van der Waals surface area (Å²) in [5.74, 6) is 0.201. The van der Waals surface area contributed by atoms with E-state index in [0.29, 0.717) is 29.9 Å². The van der Waals surface area contributed by atoms with Crippen molar-refractivity contribution in [2.75, 3.05) is 27.7 Å². The molecule has 38 heavy (non-hydrogen) atoms. The Hall–Kier alpha value is -4.11. The Labute approximate surface area is 223 Å². The maximum Gasteiger partial charge on any atom is 0.139 e. The van der Waals surface area contributed by atoms with E-state index < -0.39 is 11.5 Å². The molecule has 0 amide bonds. The Bertz CT molecular complexity index is 1650. The summed E-state index contributed by atoms with van der Waals surface area (Å²) in [5, 5.41) is 25.4. The molecule has 5 heteroatoms. The van der Waals surface area contributed by atoms with Gasteiger partial charge in [-0.1, -0.05) is 54.1 Å². The molecule has 0 aliphatic rings. The summed E-state index contributed by atoms with van der Waals surface area (Å²) in [6.45, 7) is 2.72. The number of furan rings is 1. The van der Waals surface area contributed by atoms with Crippen molar-refractivity contribution in [2.45, 2.75) is 24.9 Å². The van der Waals surface area contributed by atoms with Gasteiger partial charge in [0.25, 0.3) is 0 Å². The zero-order chi connectivity index (χ0) is 26.9. The van der Waals surface area contributed by atoms with Gasteiger partial charge in [-0.25, -0.2) is 0 Å². The van der Waals surface area contributed by atoms with Gasteiger partial charge in [-0.05, 0) is 74.1 Å². The lowest BCUT2D eigenvalue weighted by atomic mass is 9.70. The van der Waals surface area contributed by atoms with Crippen LogP contribution in [0.2, 0.25) is 0 Å². The summed E-state index contributed by atoms with van der Waals surface area (Å²) >= 11 is 0. The lowest BCUT2D eigenvalue weighted by Gasteiger charge is -2.39. The third-order valence-electron chi connectivity index (χ3n) is 7.37.